The van der Waals surface area contributed by atoms with Crippen LogP contribution in [0.3, 0.4) is 0 Å². The molecule has 0 radical (unpaired) electrons. The summed E-state index contributed by atoms with van der Waals surface area (Å²) >= 11 is 0. The van der Waals surface area contributed by atoms with Crippen LogP contribution in [-0.2, 0) is 9.22 Å². The Morgan fingerprint density at radius 3 is 2.31 bits per heavy atom. The zero-order valence-corrected chi connectivity index (χ0v) is 12.8. The topological polar surface area (TPSA) is 26.3 Å². The molecule has 0 aromatic rings. The molecule has 0 heterocycles. The van der Waals surface area contributed by atoms with Gasteiger partial charge in [0.1, 0.15) is 5.41 Å². The summed E-state index contributed by atoms with van der Waals surface area (Å²) in [5, 5.41) is 0.406. The molecule has 0 fully saturated rings. The van der Waals surface area contributed by atoms with Crippen molar-refractivity contribution >= 4 is 15.2 Å². The van der Waals surface area contributed by atoms with Crippen LogP contribution < -0.4 is 0 Å². The molecule has 0 bridgehead atoms. The van der Waals surface area contributed by atoms with E-state index in [-0.39, 0.29) is 6.10 Å². The molecule has 0 aliphatic carbocycles. The first-order valence-corrected chi connectivity index (χ1v) is 8.05. The maximum Gasteiger partial charge on any atom is 0.234 e. The van der Waals surface area contributed by atoms with E-state index in [4.69, 9.17) is 4.43 Å². The minimum atomic E-state index is -0.940. The quantitative estimate of drug-likeness (QED) is 0.552. The fourth-order valence-corrected chi connectivity index (χ4v) is 3.13. The van der Waals surface area contributed by atoms with Crippen molar-refractivity contribution < 1.29 is 9.22 Å². The van der Waals surface area contributed by atoms with Gasteiger partial charge in [-0.15, -0.1) is 0 Å². The Kier molecular flexibility index (Phi) is 9.93. The summed E-state index contributed by atoms with van der Waals surface area (Å²) in [6.07, 6.45) is 6.74. The average Bonchev–Trinajstić information content (AvgIpc) is 2.26. The lowest BCUT2D eigenvalue weighted by Gasteiger charge is -2.14. The van der Waals surface area contributed by atoms with Crippen LogP contribution in [0.4, 0.5) is 0 Å². The SMILES string of the molecule is CCCC(CC)CC(=O)[SiH2]OC(C)CCC. The lowest BCUT2D eigenvalue weighted by Crippen LogP contribution is -2.21. The van der Waals surface area contributed by atoms with E-state index in [1.807, 2.05) is 0 Å². The van der Waals surface area contributed by atoms with Crippen LogP contribution in [0.5, 0.6) is 0 Å². The van der Waals surface area contributed by atoms with Crippen LogP contribution in [-0.4, -0.2) is 21.3 Å². The molecule has 2 unspecified atom stereocenters. The minimum absolute atomic E-state index is 0.284. The first kappa shape index (κ1) is 15.8. The Morgan fingerprint density at radius 2 is 1.81 bits per heavy atom. The van der Waals surface area contributed by atoms with Crippen molar-refractivity contribution in [3.63, 3.8) is 0 Å². The molecule has 0 aromatic heterocycles. The summed E-state index contributed by atoms with van der Waals surface area (Å²) in [7, 11) is -0.940. The van der Waals surface area contributed by atoms with Crippen molar-refractivity contribution in [1.82, 2.24) is 0 Å². The molecular weight excluding hydrogens is 216 g/mol. The van der Waals surface area contributed by atoms with Crippen LogP contribution in [0.15, 0.2) is 0 Å². The second-order valence-electron chi connectivity index (χ2n) is 4.72. The average molecular weight is 244 g/mol. The summed E-state index contributed by atoms with van der Waals surface area (Å²) in [5.41, 5.74) is 0. The molecular formula is C13H28O2Si. The molecule has 0 N–H and O–H groups in total. The summed E-state index contributed by atoms with van der Waals surface area (Å²) in [4.78, 5) is 11.7. The van der Waals surface area contributed by atoms with E-state index >= 15 is 0 Å². The molecule has 0 amide bonds. The highest BCUT2D eigenvalue weighted by molar-refractivity contribution is 6.69. The maximum absolute atomic E-state index is 11.7. The number of carbonyl (C=O) groups excluding carboxylic acids is 1. The van der Waals surface area contributed by atoms with Gasteiger partial charge in [-0.25, -0.2) is 0 Å². The Labute approximate surface area is 103 Å². The van der Waals surface area contributed by atoms with Gasteiger partial charge >= 0.3 is 0 Å². The normalized spacial score (nSPS) is 15.5. The molecule has 0 saturated heterocycles. The lowest BCUT2D eigenvalue weighted by molar-refractivity contribution is -0.114. The molecule has 2 atom stereocenters. The molecule has 0 aliphatic rings. The predicted molar refractivity (Wildman–Crippen MR) is 72.3 cm³/mol. The van der Waals surface area contributed by atoms with Gasteiger partial charge in [0.15, 0.2) is 0 Å². The van der Waals surface area contributed by atoms with Crippen molar-refractivity contribution in [1.29, 1.82) is 0 Å². The van der Waals surface area contributed by atoms with Crippen LogP contribution in [0.2, 0.25) is 0 Å². The second-order valence-corrected chi connectivity index (χ2v) is 6.13. The molecule has 96 valence electrons. The molecule has 3 heteroatoms. The Morgan fingerprint density at radius 1 is 1.19 bits per heavy atom. The predicted octanol–water partition coefficient (Wildman–Crippen LogP) is 3.02. The molecule has 2 nitrogen and oxygen atoms in total. The van der Waals surface area contributed by atoms with E-state index in [9.17, 15) is 4.79 Å². The summed E-state index contributed by atoms with van der Waals surface area (Å²) < 4.78 is 5.66. The van der Waals surface area contributed by atoms with E-state index in [0.29, 0.717) is 11.3 Å². The van der Waals surface area contributed by atoms with E-state index in [1.54, 1.807) is 0 Å². The van der Waals surface area contributed by atoms with Crippen LogP contribution in [0, 0.1) is 5.92 Å². The fraction of sp³-hybridized carbons (Fsp3) is 0.923. The van der Waals surface area contributed by atoms with Crippen molar-refractivity contribution in [3.05, 3.63) is 0 Å². The number of hydrogen-bond donors (Lipinski definition) is 0. The van der Waals surface area contributed by atoms with Gasteiger partial charge in [-0.1, -0.05) is 46.5 Å². The third-order valence-electron chi connectivity index (χ3n) is 3.01. The third kappa shape index (κ3) is 8.05. The van der Waals surface area contributed by atoms with Crippen LogP contribution in [0.25, 0.3) is 0 Å². The van der Waals surface area contributed by atoms with Gasteiger partial charge < -0.3 is 9.22 Å². The van der Waals surface area contributed by atoms with Gasteiger partial charge in [-0.05, 0) is 19.3 Å². The van der Waals surface area contributed by atoms with Gasteiger partial charge in [-0.2, -0.15) is 0 Å². The van der Waals surface area contributed by atoms with Crippen molar-refractivity contribution in [2.75, 3.05) is 0 Å². The van der Waals surface area contributed by atoms with Gasteiger partial charge in [-0.3, -0.25) is 0 Å². The number of rotatable bonds is 10. The van der Waals surface area contributed by atoms with Gasteiger partial charge in [0.25, 0.3) is 0 Å². The third-order valence-corrected chi connectivity index (χ3v) is 4.36. The summed E-state index contributed by atoms with van der Waals surface area (Å²) in [6.45, 7) is 8.59. The first-order valence-electron chi connectivity index (χ1n) is 6.77. The zero-order valence-electron chi connectivity index (χ0n) is 11.4. The molecule has 0 rings (SSSR count). The second kappa shape index (κ2) is 10.0. The Hall–Kier alpha value is -0.153. The van der Waals surface area contributed by atoms with Gasteiger partial charge in [0.2, 0.25) is 9.76 Å². The van der Waals surface area contributed by atoms with E-state index in [1.165, 1.54) is 12.8 Å². The molecule has 0 saturated carbocycles. The summed E-state index contributed by atoms with van der Waals surface area (Å²) in [6, 6.07) is 0. The van der Waals surface area contributed by atoms with E-state index in [0.717, 1.165) is 25.7 Å². The Bertz CT molecular complexity index is 183. The number of hydrogen-bond acceptors (Lipinski definition) is 2. The molecule has 0 spiro atoms. The van der Waals surface area contributed by atoms with Gasteiger partial charge in [0, 0.05) is 12.5 Å². The monoisotopic (exact) mass is 244 g/mol. The van der Waals surface area contributed by atoms with E-state index < -0.39 is 9.76 Å². The highest BCUT2D eigenvalue weighted by Gasteiger charge is 2.13. The van der Waals surface area contributed by atoms with Gasteiger partial charge in [0.05, 0.1) is 0 Å². The lowest BCUT2D eigenvalue weighted by atomic mass is 9.98. The van der Waals surface area contributed by atoms with Crippen molar-refractivity contribution in [3.8, 4) is 0 Å². The zero-order chi connectivity index (χ0) is 12.4. The fourth-order valence-electron chi connectivity index (χ4n) is 1.96. The minimum Gasteiger partial charge on any atom is -0.413 e. The van der Waals surface area contributed by atoms with E-state index in [2.05, 4.69) is 27.7 Å². The highest BCUT2D eigenvalue weighted by atomic mass is 28.2. The molecule has 0 aliphatic heterocycles. The highest BCUT2D eigenvalue weighted by Crippen LogP contribution is 2.15. The van der Waals surface area contributed by atoms with Crippen molar-refractivity contribution in [2.45, 2.75) is 72.3 Å². The molecule has 16 heavy (non-hydrogen) atoms. The van der Waals surface area contributed by atoms with Crippen LogP contribution >= 0.6 is 0 Å². The standard InChI is InChI=1S/C13H28O2Si/c1-5-8-11(4)15-16-13(14)10-12(7-3)9-6-2/h11-12H,5-10,16H2,1-4H3. The first-order chi connectivity index (χ1) is 7.63. The number of carbonyl (C=O) groups is 1. The largest absolute Gasteiger partial charge is 0.413 e. The molecule has 0 aromatic carbocycles. The summed E-state index contributed by atoms with van der Waals surface area (Å²) in [5.74, 6) is 0.593. The van der Waals surface area contributed by atoms with Crippen LogP contribution in [0.1, 0.15) is 66.2 Å². The Balaban J connectivity index is 3.71. The van der Waals surface area contributed by atoms with Crippen molar-refractivity contribution in [2.24, 2.45) is 5.92 Å². The smallest absolute Gasteiger partial charge is 0.234 e. The maximum atomic E-state index is 11.7.